The minimum Gasteiger partial charge on any atom is -0.478 e. The van der Waals surface area contributed by atoms with Crippen molar-refractivity contribution in [1.82, 2.24) is 4.98 Å². The number of nitrogens with one attached hydrogen (secondary N) is 1. The van der Waals surface area contributed by atoms with Crippen LogP contribution in [0.25, 0.3) is 0 Å². The number of nitrogen functional groups attached to an aromatic ring is 1. The van der Waals surface area contributed by atoms with Gasteiger partial charge in [0.2, 0.25) is 0 Å². The summed E-state index contributed by atoms with van der Waals surface area (Å²) in [5.74, 6) is -1.03. The Labute approximate surface area is 104 Å². The highest BCUT2D eigenvalue weighted by Gasteiger charge is 2.08. The number of carboxylic acid groups (broad SMARTS) is 1. The Hall–Kier alpha value is -2.56. The number of hydrogen-bond acceptors (Lipinski definition) is 4. The molecule has 0 fully saturated rings. The molecule has 4 N–H and O–H groups in total. The van der Waals surface area contributed by atoms with E-state index in [1.807, 2.05) is 18.2 Å². The number of anilines is 2. The number of pyridine rings is 1. The highest BCUT2D eigenvalue weighted by molar-refractivity contribution is 5.94. The molecule has 0 amide bonds. The van der Waals surface area contributed by atoms with Crippen LogP contribution < -0.4 is 11.1 Å². The van der Waals surface area contributed by atoms with Gasteiger partial charge in [-0.05, 0) is 30.3 Å². The zero-order chi connectivity index (χ0) is 13.0. The predicted molar refractivity (Wildman–Crippen MR) is 69.4 cm³/mol. The molecule has 5 nitrogen and oxygen atoms in total. The number of benzene rings is 1. The number of carboxylic acids is 1. The van der Waals surface area contributed by atoms with Crippen molar-refractivity contribution in [1.29, 1.82) is 0 Å². The van der Waals surface area contributed by atoms with Crippen molar-refractivity contribution in [3.05, 3.63) is 53.9 Å². The Bertz CT molecular complexity index is 555. The maximum absolute atomic E-state index is 10.9. The zero-order valence-corrected chi connectivity index (χ0v) is 9.63. The molecule has 0 unspecified atom stereocenters. The van der Waals surface area contributed by atoms with Gasteiger partial charge in [-0.2, -0.15) is 0 Å². The van der Waals surface area contributed by atoms with Gasteiger partial charge >= 0.3 is 5.97 Å². The Morgan fingerprint density at radius 3 is 2.83 bits per heavy atom. The Kier molecular flexibility index (Phi) is 3.43. The van der Waals surface area contributed by atoms with Crippen LogP contribution in [0, 0.1) is 0 Å². The van der Waals surface area contributed by atoms with Crippen molar-refractivity contribution in [3.63, 3.8) is 0 Å². The fourth-order valence-electron chi connectivity index (χ4n) is 1.55. The quantitative estimate of drug-likeness (QED) is 0.714. The summed E-state index contributed by atoms with van der Waals surface area (Å²) in [5, 5.41) is 12.1. The molecule has 0 saturated carbocycles. The number of hydrogen-bond donors (Lipinski definition) is 3. The van der Waals surface area contributed by atoms with Gasteiger partial charge < -0.3 is 16.2 Å². The van der Waals surface area contributed by atoms with Crippen LogP contribution in [-0.2, 0) is 6.54 Å². The standard InChI is InChI=1S/C13H13N3O2/c14-12-5-4-9(7-11(12)13(17)18)16-8-10-3-1-2-6-15-10/h1-7,16H,8,14H2,(H,17,18). The maximum Gasteiger partial charge on any atom is 0.337 e. The predicted octanol–water partition coefficient (Wildman–Crippen LogP) is 1.97. The second-order valence-corrected chi connectivity index (χ2v) is 3.78. The van der Waals surface area contributed by atoms with Crippen LogP contribution in [0.2, 0.25) is 0 Å². The molecular formula is C13H13N3O2. The van der Waals surface area contributed by atoms with Crippen LogP contribution in [0.3, 0.4) is 0 Å². The average molecular weight is 243 g/mol. The number of nitrogens with two attached hydrogens (primary N) is 1. The molecule has 0 spiro atoms. The van der Waals surface area contributed by atoms with E-state index < -0.39 is 5.97 Å². The molecule has 5 heteroatoms. The molecule has 0 atom stereocenters. The first-order valence-electron chi connectivity index (χ1n) is 5.43. The van der Waals surface area contributed by atoms with E-state index in [2.05, 4.69) is 10.3 Å². The van der Waals surface area contributed by atoms with Crippen LogP contribution in [0.15, 0.2) is 42.6 Å². The molecule has 0 aliphatic carbocycles. The molecule has 1 aromatic carbocycles. The number of carbonyl (C=O) groups is 1. The molecule has 2 aromatic rings. The highest BCUT2D eigenvalue weighted by Crippen LogP contribution is 2.18. The van der Waals surface area contributed by atoms with Crippen molar-refractivity contribution in [2.45, 2.75) is 6.54 Å². The summed E-state index contributed by atoms with van der Waals surface area (Å²) in [6, 6.07) is 10.5. The van der Waals surface area contributed by atoms with Gasteiger partial charge in [-0.15, -0.1) is 0 Å². The molecule has 0 aliphatic rings. The summed E-state index contributed by atoms with van der Waals surface area (Å²) in [6.45, 7) is 0.532. The summed E-state index contributed by atoms with van der Waals surface area (Å²) in [5.41, 5.74) is 7.51. The number of aromatic carboxylic acids is 1. The van der Waals surface area contributed by atoms with Gasteiger partial charge in [-0.25, -0.2) is 4.79 Å². The van der Waals surface area contributed by atoms with E-state index >= 15 is 0 Å². The fourth-order valence-corrected chi connectivity index (χ4v) is 1.55. The molecule has 0 saturated heterocycles. The summed E-state index contributed by atoms with van der Waals surface area (Å²) < 4.78 is 0. The lowest BCUT2D eigenvalue weighted by atomic mass is 10.1. The lowest BCUT2D eigenvalue weighted by molar-refractivity contribution is 0.0698. The Morgan fingerprint density at radius 1 is 1.33 bits per heavy atom. The second kappa shape index (κ2) is 5.18. The lowest BCUT2D eigenvalue weighted by Gasteiger charge is -2.08. The zero-order valence-electron chi connectivity index (χ0n) is 9.63. The lowest BCUT2D eigenvalue weighted by Crippen LogP contribution is -2.05. The number of nitrogens with zero attached hydrogens (tertiary/aromatic N) is 1. The summed E-state index contributed by atoms with van der Waals surface area (Å²) in [6.07, 6.45) is 1.71. The van der Waals surface area contributed by atoms with E-state index in [0.717, 1.165) is 5.69 Å². The van der Waals surface area contributed by atoms with Gasteiger partial charge in [-0.3, -0.25) is 4.98 Å². The first-order valence-corrected chi connectivity index (χ1v) is 5.43. The van der Waals surface area contributed by atoms with Gasteiger partial charge in [0.1, 0.15) is 0 Å². The first kappa shape index (κ1) is 11.9. The molecule has 1 aromatic heterocycles. The topological polar surface area (TPSA) is 88.2 Å². The third kappa shape index (κ3) is 2.76. The molecule has 0 bridgehead atoms. The van der Waals surface area contributed by atoms with Crippen molar-refractivity contribution in [2.75, 3.05) is 11.1 Å². The van der Waals surface area contributed by atoms with E-state index in [-0.39, 0.29) is 11.3 Å². The van der Waals surface area contributed by atoms with Crippen LogP contribution >= 0.6 is 0 Å². The maximum atomic E-state index is 10.9. The van der Waals surface area contributed by atoms with Crippen molar-refractivity contribution >= 4 is 17.3 Å². The van der Waals surface area contributed by atoms with Crippen molar-refractivity contribution in [2.24, 2.45) is 0 Å². The smallest absolute Gasteiger partial charge is 0.337 e. The van der Waals surface area contributed by atoms with Crippen molar-refractivity contribution < 1.29 is 9.90 Å². The molecule has 0 aliphatic heterocycles. The van der Waals surface area contributed by atoms with E-state index in [9.17, 15) is 4.79 Å². The van der Waals surface area contributed by atoms with Crippen LogP contribution in [0.5, 0.6) is 0 Å². The summed E-state index contributed by atoms with van der Waals surface area (Å²) >= 11 is 0. The minimum absolute atomic E-state index is 0.0982. The van der Waals surface area contributed by atoms with Gasteiger partial charge in [-0.1, -0.05) is 6.07 Å². The largest absolute Gasteiger partial charge is 0.478 e. The van der Waals surface area contributed by atoms with Crippen LogP contribution in [0.1, 0.15) is 16.1 Å². The molecule has 2 rings (SSSR count). The Morgan fingerprint density at radius 2 is 2.17 bits per heavy atom. The van der Waals surface area contributed by atoms with E-state index in [1.165, 1.54) is 6.07 Å². The van der Waals surface area contributed by atoms with Gasteiger partial charge in [0.15, 0.2) is 0 Å². The fraction of sp³-hybridized carbons (Fsp3) is 0.0769. The second-order valence-electron chi connectivity index (χ2n) is 3.78. The van der Waals surface area contributed by atoms with Gasteiger partial charge in [0.05, 0.1) is 17.8 Å². The van der Waals surface area contributed by atoms with E-state index in [1.54, 1.807) is 18.3 Å². The van der Waals surface area contributed by atoms with E-state index in [4.69, 9.17) is 10.8 Å². The summed E-state index contributed by atoms with van der Waals surface area (Å²) in [7, 11) is 0. The number of aromatic nitrogens is 1. The normalized spacial score (nSPS) is 10.0. The Balaban J connectivity index is 2.11. The molecule has 18 heavy (non-hydrogen) atoms. The SMILES string of the molecule is Nc1ccc(NCc2ccccn2)cc1C(=O)O. The molecule has 0 radical (unpaired) electrons. The van der Waals surface area contributed by atoms with Gasteiger partial charge in [0.25, 0.3) is 0 Å². The van der Waals surface area contributed by atoms with E-state index in [0.29, 0.717) is 12.2 Å². The van der Waals surface area contributed by atoms with Crippen molar-refractivity contribution in [3.8, 4) is 0 Å². The highest BCUT2D eigenvalue weighted by atomic mass is 16.4. The third-order valence-corrected chi connectivity index (χ3v) is 2.48. The third-order valence-electron chi connectivity index (χ3n) is 2.48. The summed E-state index contributed by atoms with van der Waals surface area (Å²) in [4.78, 5) is 15.1. The van der Waals surface area contributed by atoms with Crippen LogP contribution in [0.4, 0.5) is 11.4 Å². The first-order chi connectivity index (χ1) is 8.66. The average Bonchev–Trinajstić information content (AvgIpc) is 2.38. The molecule has 92 valence electrons. The number of rotatable bonds is 4. The molecular weight excluding hydrogens is 230 g/mol. The monoisotopic (exact) mass is 243 g/mol. The molecule has 1 heterocycles. The minimum atomic E-state index is -1.03. The van der Waals surface area contributed by atoms with Gasteiger partial charge in [0, 0.05) is 17.6 Å². The van der Waals surface area contributed by atoms with Crippen LogP contribution in [-0.4, -0.2) is 16.1 Å².